The largest absolute Gasteiger partial charge is 0.321 e. The molecule has 2 rings (SSSR count). The molecule has 1 amide bonds. The quantitative estimate of drug-likeness (QED) is 0.666. The fourth-order valence-electron chi connectivity index (χ4n) is 1.73. The van der Waals surface area contributed by atoms with Crippen molar-refractivity contribution >= 4 is 40.6 Å². The molecule has 1 N–H and O–H groups in total. The van der Waals surface area contributed by atoms with Crippen molar-refractivity contribution in [2.75, 3.05) is 5.32 Å². The number of amides is 1. The first-order chi connectivity index (χ1) is 10.0. The minimum Gasteiger partial charge on any atom is -0.321 e. The Balaban J connectivity index is 2.26. The van der Waals surface area contributed by atoms with Gasteiger partial charge in [-0.25, -0.2) is 0 Å². The van der Waals surface area contributed by atoms with Crippen LogP contribution in [0.4, 0.5) is 5.69 Å². The van der Waals surface area contributed by atoms with E-state index in [1.807, 2.05) is 37.4 Å². The summed E-state index contributed by atoms with van der Waals surface area (Å²) < 4.78 is 0. The van der Waals surface area contributed by atoms with Crippen molar-refractivity contribution in [1.29, 1.82) is 5.26 Å². The van der Waals surface area contributed by atoms with Crippen LogP contribution in [0.2, 0.25) is 5.02 Å². The number of nitriles is 1. The van der Waals surface area contributed by atoms with E-state index in [0.717, 1.165) is 16.0 Å². The van der Waals surface area contributed by atoms with E-state index in [2.05, 4.69) is 5.32 Å². The van der Waals surface area contributed by atoms with E-state index < -0.39 is 5.91 Å². The number of carbonyl (C=O) groups excluding carboxylic acids is 1. The Labute approximate surface area is 132 Å². The van der Waals surface area contributed by atoms with Crippen LogP contribution in [0, 0.1) is 25.2 Å². The van der Waals surface area contributed by atoms with Crippen molar-refractivity contribution in [2.24, 2.45) is 0 Å². The first-order valence-corrected chi connectivity index (χ1v) is 7.50. The third-order valence-electron chi connectivity index (χ3n) is 2.99. The van der Waals surface area contributed by atoms with Crippen molar-refractivity contribution < 1.29 is 4.79 Å². The van der Waals surface area contributed by atoms with E-state index >= 15 is 0 Å². The number of carbonyl (C=O) groups is 1. The zero-order valence-electron chi connectivity index (χ0n) is 11.6. The SMILES string of the molecule is Cc1ccc(Cl)cc1NC(=O)/C(C#N)=C\c1sccc1C. The zero-order chi connectivity index (χ0) is 15.4. The number of nitrogens with one attached hydrogen (secondary N) is 1. The standard InChI is InChI=1S/C16H13ClN2OS/c1-10-3-4-13(17)8-14(10)19-16(20)12(9-18)7-15-11(2)5-6-21-15/h3-8H,1-2H3,(H,19,20)/b12-7-. The Morgan fingerprint density at radius 1 is 1.33 bits per heavy atom. The third kappa shape index (κ3) is 3.72. The summed E-state index contributed by atoms with van der Waals surface area (Å²) in [6.07, 6.45) is 1.61. The zero-order valence-corrected chi connectivity index (χ0v) is 13.2. The predicted molar refractivity (Wildman–Crippen MR) is 87.5 cm³/mol. The third-order valence-corrected chi connectivity index (χ3v) is 4.19. The topological polar surface area (TPSA) is 52.9 Å². The monoisotopic (exact) mass is 316 g/mol. The van der Waals surface area contributed by atoms with Gasteiger partial charge in [0.15, 0.2) is 0 Å². The first-order valence-electron chi connectivity index (χ1n) is 6.24. The Bertz CT molecular complexity index is 756. The van der Waals surface area contributed by atoms with Gasteiger partial charge < -0.3 is 5.32 Å². The van der Waals surface area contributed by atoms with Crippen LogP contribution in [-0.2, 0) is 4.79 Å². The lowest BCUT2D eigenvalue weighted by atomic mass is 10.1. The van der Waals surface area contributed by atoms with Gasteiger partial charge in [-0.3, -0.25) is 4.79 Å². The lowest BCUT2D eigenvalue weighted by Crippen LogP contribution is -2.14. The summed E-state index contributed by atoms with van der Waals surface area (Å²) >= 11 is 7.41. The van der Waals surface area contributed by atoms with Gasteiger partial charge in [-0.1, -0.05) is 17.7 Å². The number of nitrogens with zero attached hydrogens (tertiary/aromatic N) is 1. The Morgan fingerprint density at radius 3 is 2.71 bits per heavy atom. The van der Waals surface area contributed by atoms with E-state index in [-0.39, 0.29) is 5.57 Å². The number of hydrogen-bond donors (Lipinski definition) is 1. The Hall–Kier alpha value is -2.09. The van der Waals surface area contributed by atoms with E-state index in [1.165, 1.54) is 11.3 Å². The van der Waals surface area contributed by atoms with Gasteiger partial charge in [0.25, 0.3) is 5.91 Å². The second kappa shape index (κ2) is 6.57. The summed E-state index contributed by atoms with van der Waals surface area (Å²) in [5.41, 5.74) is 2.60. The molecule has 1 heterocycles. The van der Waals surface area contributed by atoms with Crippen molar-refractivity contribution in [3.8, 4) is 6.07 Å². The van der Waals surface area contributed by atoms with Crippen LogP contribution >= 0.6 is 22.9 Å². The fraction of sp³-hybridized carbons (Fsp3) is 0.125. The summed E-state index contributed by atoms with van der Waals surface area (Å²) in [7, 11) is 0. The van der Waals surface area contributed by atoms with Crippen LogP contribution in [-0.4, -0.2) is 5.91 Å². The number of aryl methyl sites for hydroxylation is 2. The molecule has 0 radical (unpaired) electrons. The molecular weight excluding hydrogens is 304 g/mol. The van der Waals surface area contributed by atoms with Gasteiger partial charge in [0, 0.05) is 15.6 Å². The minimum absolute atomic E-state index is 0.0694. The normalized spacial score (nSPS) is 11.0. The molecule has 3 nitrogen and oxygen atoms in total. The van der Waals surface area contributed by atoms with Gasteiger partial charge in [0.1, 0.15) is 11.6 Å². The molecule has 0 saturated carbocycles. The van der Waals surface area contributed by atoms with Crippen LogP contribution in [0.15, 0.2) is 35.2 Å². The molecule has 0 spiro atoms. The van der Waals surface area contributed by atoms with Gasteiger partial charge in [0.2, 0.25) is 0 Å². The maximum Gasteiger partial charge on any atom is 0.266 e. The van der Waals surface area contributed by atoms with Crippen LogP contribution in [0.25, 0.3) is 6.08 Å². The minimum atomic E-state index is -0.435. The summed E-state index contributed by atoms with van der Waals surface area (Å²) in [5.74, 6) is -0.435. The van der Waals surface area contributed by atoms with E-state index in [4.69, 9.17) is 11.6 Å². The van der Waals surface area contributed by atoms with Crippen molar-refractivity contribution in [1.82, 2.24) is 0 Å². The fourth-order valence-corrected chi connectivity index (χ4v) is 2.76. The van der Waals surface area contributed by atoms with Gasteiger partial charge in [0.05, 0.1) is 0 Å². The molecule has 0 atom stereocenters. The molecule has 0 aliphatic heterocycles. The van der Waals surface area contributed by atoms with Crippen LogP contribution in [0.3, 0.4) is 0 Å². The number of benzene rings is 1. The highest BCUT2D eigenvalue weighted by molar-refractivity contribution is 7.11. The van der Waals surface area contributed by atoms with Crippen LogP contribution < -0.4 is 5.32 Å². The number of anilines is 1. The average Bonchev–Trinajstić information content (AvgIpc) is 2.85. The molecule has 5 heteroatoms. The molecule has 21 heavy (non-hydrogen) atoms. The van der Waals surface area contributed by atoms with Gasteiger partial charge in [-0.05, 0) is 54.6 Å². The van der Waals surface area contributed by atoms with E-state index in [0.29, 0.717) is 10.7 Å². The average molecular weight is 317 g/mol. The Kier molecular flexibility index (Phi) is 4.79. The summed E-state index contributed by atoms with van der Waals surface area (Å²) in [6.45, 7) is 3.81. The smallest absolute Gasteiger partial charge is 0.266 e. The summed E-state index contributed by atoms with van der Waals surface area (Å²) in [6, 6.07) is 9.13. The van der Waals surface area contributed by atoms with Gasteiger partial charge in [-0.15, -0.1) is 11.3 Å². The lowest BCUT2D eigenvalue weighted by molar-refractivity contribution is -0.112. The first kappa shape index (κ1) is 15.3. The Morgan fingerprint density at radius 2 is 2.10 bits per heavy atom. The number of rotatable bonds is 3. The molecule has 0 aliphatic rings. The highest BCUT2D eigenvalue weighted by Gasteiger charge is 2.12. The van der Waals surface area contributed by atoms with Gasteiger partial charge >= 0.3 is 0 Å². The second-order valence-corrected chi connectivity index (χ2v) is 5.94. The van der Waals surface area contributed by atoms with E-state index in [9.17, 15) is 10.1 Å². The molecule has 2 aromatic rings. The molecule has 1 aromatic carbocycles. The summed E-state index contributed by atoms with van der Waals surface area (Å²) in [4.78, 5) is 13.1. The van der Waals surface area contributed by atoms with Crippen molar-refractivity contribution in [3.05, 3.63) is 56.2 Å². The number of hydrogen-bond acceptors (Lipinski definition) is 3. The van der Waals surface area contributed by atoms with Crippen LogP contribution in [0.1, 0.15) is 16.0 Å². The number of thiophene rings is 1. The molecule has 0 saturated heterocycles. The van der Waals surface area contributed by atoms with Gasteiger partial charge in [-0.2, -0.15) is 5.26 Å². The van der Waals surface area contributed by atoms with Crippen molar-refractivity contribution in [3.63, 3.8) is 0 Å². The highest BCUT2D eigenvalue weighted by atomic mass is 35.5. The predicted octanol–water partition coefficient (Wildman–Crippen LogP) is 4.56. The molecule has 0 aliphatic carbocycles. The molecule has 0 bridgehead atoms. The molecular formula is C16H13ClN2OS. The van der Waals surface area contributed by atoms with Crippen LogP contribution in [0.5, 0.6) is 0 Å². The van der Waals surface area contributed by atoms with Crippen molar-refractivity contribution in [2.45, 2.75) is 13.8 Å². The maximum atomic E-state index is 12.2. The lowest BCUT2D eigenvalue weighted by Gasteiger charge is -2.08. The van der Waals surface area contributed by atoms with E-state index in [1.54, 1.807) is 18.2 Å². The molecule has 1 aromatic heterocycles. The highest BCUT2D eigenvalue weighted by Crippen LogP contribution is 2.22. The molecule has 0 unspecified atom stereocenters. The molecule has 106 valence electrons. The summed E-state index contributed by atoms with van der Waals surface area (Å²) in [5, 5.41) is 14.4. The second-order valence-electron chi connectivity index (χ2n) is 4.55. The molecule has 0 fully saturated rings. The number of halogens is 1. The maximum absolute atomic E-state index is 12.2.